The molecule has 1 amide bonds. The predicted molar refractivity (Wildman–Crippen MR) is 72.1 cm³/mol. The van der Waals surface area contributed by atoms with E-state index >= 15 is 0 Å². The van der Waals surface area contributed by atoms with Gasteiger partial charge in [0, 0.05) is 18.1 Å². The molecule has 0 saturated carbocycles. The van der Waals surface area contributed by atoms with Crippen molar-refractivity contribution in [1.29, 1.82) is 0 Å². The molecule has 20 heavy (non-hydrogen) atoms. The number of hydrogen-bond acceptors (Lipinski definition) is 3. The van der Waals surface area contributed by atoms with Gasteiger partial charge in [0.05, 0.1) is 18.6 Å². The second-order valence-electron chi connectivity index (χ2n) is 4.74. The van der Waals surface area contributed by atoms with Crippen LogP contribution in [0.15, 0.2) is 18.2 Å². The number of piperidine rings is 1. The highest BCUT2D eigenvalue weighted by atomic mass is 35.5. The van der Waals surface area contributed by atoms with Gasteiger partial charge in [-0.15, -0.1) is 0 Å². The molecule has 2 rings (SSSR count). The largest absolute Gasteiger partial charge is 0.469 e. The zero-order chi connectivity index (χ0) is 14.7. The molecule has 108 valence electrons. The van der Waals surface area contributed by atoms with Gasteiger partial charge in [0.1, 0.15) is 5.82 Å². The third kappa shape index (κ3) is 3.10. The van der Waals surface area contributed by atoms with Crippen molar-refractivity contribution >= 4 is 23.5 Å². The molecule has 0 aromatic heterocycles. The predicted octanol–water partition coefficient (Wildman–Crippen LogP) is 2.50. The second-order valence-corrected chi connectivity index (χ2v) is 5.17. The third-order valence-corrected chi connectivity index (χ3v) is 3.64. The average Bonchev–Trinajstić information content (AvgIpc) is 2.48. The van der Waals surface area contributed by atoms with Gasteiger partial charge >= 0.3 is 5.97 Å². The summed E-state index contributed by atoms with van der Waals surface area (Å²) in [6, 6.07) is 3.86. The molecule has 0 spiro atoms. The minimum absolute atomic E-state index is 0.0667. The van der Waals surface area contributed by atoms with Crippen molar-refractivity contribution in [2.75, 3.05) is 20.2 Å². The number of benzene rings is 1. The van der Waals surface area contributed by atoms with Gasteiger partial charge in [0.15, 0.2) is 0 Å². The fourth-order valence-corrected chi connectivity index (χ4v) is 2.52. The van der Waals surface area contributed by atoms with E-state index in [2.05, 4.69) is 0 Å². The Bertz CT molecular complexity index is 535. The summed E-state index contributed by atoms with van der Waals surface area (Å²) in [5.41, 5.74) is -0.0667. The fraction of sp³-hybridized carbons (Fsp3) is 0.429. The lowest BCUT2D eigenvalue weighted by Crippen LogP contribution is -2.42. The maximum atomic E-state index is 13.7. The van der Waals surface area contributed by atoms with Crippen LogP contribution in [0.1, 0.15) is 23.2 Å². The lowest BCUT2D eigenvalue weighted by Gasteiger charge is -2.31. The Kier molecular flexibility index (Phi) is 4.60. The van der Waals surface area contributed by atoms with Crippen LogP contribution < -0.4 is 0 Å². The number of likely N-dealkylation sites (tertiary alicyclic amines) is 1. The number of halogens is 2. The van der Waals surface area contributed by atoms with Gasteiger partial charge < -0.3 is 9.64 Å². The summed E-state index contributed by atoms with van der Waals surface area (Å²) >= 11 is 5.79. The van der Waals surface area contributed by atoms with E-state index in [1.54, 1.807) is 0 Å². The van der Waals surface area contributed by atoms with E-state index < -0.39 is 11.7 Å². The number of carbonyl (C=O) groups is 2. The fourth-order valence-electron chi connectivity index (χ4n) is 2.35. The summed E-state index contributed by atoms with van der Waals surface area (Å²) in [5, 5.41) is 0.302. The number of methoxy groups -OCH3 is 1. The number of ether oxygens (including phenoxy) is 1. The first-order valence-electron chi connectivity index (χ1n) is 6.35. The van der Waals surface area contributed by atoms with Crippen molar-refractivity contribution < 1.29 is 18.7 Å². The molecule has 1 fully saturated rings. The van der Waals surface area contributed by atoms with E-state index in [4.69, 9.17) is 16.3 Å². The minimum atomic E-state index is -0.611. The molecule has 1 saturated heterocycles. The standard InChI is InChI=1S/C14H15ClFNO3/c1-20-14(19)9-3-2-6-17(8-9)13(18)11-7-10(15)4-5-12(11)16/h4-5,7,9H,2-3,6,8H2,1H3. The van der Waals surface area contributed by atoms with Crippen LogP contribution in [0.5, 0.6) is 0 Å². The summed E-state index contributed by atoms with van der Waals surface area (Å²) < 4.78 is 18.4. The molecule has 1 aliphatic rings. The van der Waals surface area contributed by atoms with Crippen molar-refractivity contribution in [3.63, 3.8) is 0 Å². The first-order chi connectivity index (χ1) is 9.52. The molecule has 1 aromatic rings. The normalized spacial score (nSPS) is 18.8. The quantitative estimate of drug-likeness (QED) is 0.788. The zero-order valence-electron chi connectivity index (χ0n) is 11.1. The first-order valence-corrected chi connectivity index (χ1v) is 6.73. The highest BCUT2D eigenvalue weighted by Crippen LogP contribution is 2.22. The molecule has 1 unspecified atom stereocenters. The monoisotopic (exact) mass is 299 g/mol. The number of amides is 1. The summed E-state index contributed by atoms with van der Waals surface area (Å²) in [5.74, 6) is -1.74. The number of nitrogens with zero attached hydrogens (tertiary/aromatic N) is 1. The Morgan fingerprint density at radius 2 is 2.20 bits per heavy atom. The van der Waals surface area contributed by atoms with Gasteiger partial charge in [-0.25, -0.2) is 4.39 Å². The molecule has 0 bridgehead atoms. The van der Waals surface area contributed by atoms with Crippen LogP contribution in [-0.4, -0.2) is 37.0 Å². The highest BCUT2D eigenvalue weighted by molar-refractivity contribution is 6.31. The Balaban J connectivity index is 2.16. The Labute approximate surface area is 121 Å². The van der Waals surface area contributed by atoms with Crippen molar-refractivity contribution in [2.45, 2.75) is 12.8 Å². The average molecular weight is 300 g/mol. The Hall–Kier alpha value is -1.62. The van der Waals surface area contributed by atoms with E-state index in [0.29, 0.717) is 24.4 Å². The smallest absolute Gasteiger partial charge is 0.310 e. The lowest BCUT2D eigenvalue weighted by molar-refractivity contribution is -0.146. The molecule has 1 aromatic carbocycles. The molecule has 0 N–H and O–H groups in total. The number of carbonyl (C=O) groups excluding carboxylic acids is 2. The molecular weight excluding hydrogens is 285 g/mol. The SMILES string of the molecule is COC(=O)C1CCCN(C(=O)c2cc(Cl)ccc2F)C1. The van der Waals surface area contributed by atoms with Crippen molar-refractivity contribution in [2.24, 2.45) is 5.92 Å². The van der Waals surface area contributed by atoms with E-state index in [0.717, 1.165) is 6.07 Å². The van der Waals surface area contributed by atoms with Crippen LogP contribution >= 0.6 is 11.6 Å². The van der Waals surface area contributed by atoms with Crippen molar-refractivity contribution in [3.8, 4) is 0 Å². The van der Waals surface area contributed by atoms with Crippen molar-refractivity contribution in [3.05, 3.63) is 34.6 Å². The minimum Gasteiger partial charge on any atom is -0.469 e. The van der Waals surface area contributed by atoms with Gasteiger partial charge in [0.25, 0.3) is 5.91 Å². The van der Waals surface area contributed by atoms with Crippen molar-refractivity contribution in [1.82, 2.24) is 4.90 Å². The molecule has 1 heterocycles. The van der Waals surface area contributed by atoms with Crippen LogP contribution in [0.2, 0.25) is 5.02 Å². The number of esters is 1. The maximum Gasteiger partial charge on any atom is 0.310 e. The molecule has 0 aliphatic carbocycles. The van der Waals surface area contributed by atoms with Crippen LogP contribution in [0, 0.1) is 11.7 Å². The Morgan fingerprint density at radius 3 is 2.90 bits per heavy atom. The topological polar surface area (TPSA) is 46.6 Å². The van der Waals surface area contributed by atoms with E-state index in [9.17, 15) is 14.0 Å². The number of rotatable bonds is 2. The van der Waals surface area contributed by atoms with Gasteiger partial charge in [-0.2, -0.15) is 0 Å². The summed E-state index contributed by atoms with van der Waals surface area (Å²) in [6.45, 7) is 0.746. The molecule has 6 heteroatoms. The van der Waals surface area contributed by atoms with Crippen LogP contribution in [-0.2, 0) is 9.53 Å². The van der Waals surface area contributed by atoms with Gasteiger partial charge in [-0.1, -0.05) is 11.6 Å². The van der Waals surface area contributed by atoms with E-state index in [1.165, 1.54) is 24.1 Å². The Morgan fingerprint density at radius 1 is 1.45 bits per heavy atom. The van der Waals surface area contributed by atoms with Crippen LogP contribution in [0.4, 0.5) is 4.39 Å². The van der Waals surface area contributed by atoms with Gasteiger partial charge in [0.2, 0.25) is 0 Å². The summed E-state index contributed by atoms with van der Waals surface area (Å²) in [6.07, 6.45) is 1.36. The van der Waals surface area contributed by atoms with Gasteiger partial charge in [-0.05, 0) is 31.0 Å². The maximum absolute atomic E-state index is 13.7. The molecular formula is C14H15ClFNO3. The first kappa shape index (κ1) is 14.8. The highest BCUT2D eigenvalue weighted by Gasteiger charge is 2.30. The molecule has 0 radical (unpaired) electrons. The zero-order valence-corrected chi connectivity index (χ0v) is 11.8. The molecule has 4 nitrogen and oxygen atoms in total. The van der Waals surface area contributed by atoms with Gasteiger partial charge in [-0.3, -0.25) is 9.59 Å². The number of hydrogen-bond donors (Lipinski definition) is 0. The molecule has 1 atom stereocenters. The van der Waals surface area contributed by atoms with Crippen LogP contribution in [0.3, 0.4) is 0 Å². The van der Waals surface area contributed by atoms with E-state index in [1.807, 2.05) is 0 Å². The summed E-state index contributed by atoms with van der Waals surface area (Å²) in [4.78, 5) is 25.3. The second kappa shape index (κ2) is 6.22. The van der Waals surface area contributed by atoms with Crippen LogP contribution in [0.25, 0.3) is 0 Å². The third-order valence-electron chi connectivity index (χ3n) is 3.40. The summed E-state index contributed by atoms with van der Waals surface area (Å²) in [7, 11) is 1.32. The molecule has 1 aliphatic heterocycles. The van der Waals surface area contributed by atoms with E-state index in [-0.39, 0.29) is 24.0 Å². The lowest BCUT2D eigenvalue weighted by atomic mass is 9.97.